The van der Waals surface area contributed by atoms with Crippen molar-refractivity contribution < 1.29 is 9.53 Å². The number of hydrogen-bond donors (Lipinski definition) is 2. The fourth-order valence-corrected chi connectivity index (χ4v) is 3.35. The smallest absolute Gasteiger partial charge is 0.258 e. The minimum atomic E-state index is -0.0693. The van der Waals surface area contributed by atoms with Crippen molar-refractivity contribution in [3.05, 3.63) is 29.8 Å². The van der Waals surface area contributed by atoms with Gasteiger partial charge in [-0.05, 0) is 49.8 Å². The van der Waals surface area contributed by atoms with Gasteiger partial charge in [0.15, 0.2) is 6.61 Å². The number of benzene rings is 1. The largest absolute Gasteiger partial charge is 0.484 e. The molecule has 1 aromatic carbocycles. The van der Waals surface area contributed by atoms with Gasteiger partial charge in [0.2, 0.25) is 0 Å². The summed E-state index contributed by atoms with van der Waals surface area (Å²) in [6.45, 7) is 0.0346. The van der Waals surface area contributed by atoms with Crippen LogP contribution in [0.1, 0.15) is 24.8 Å². The van der Waals surface area contributed by atoms with Crippen molar-refractivity contribution in [3.63, 3.8) is 0 Å². The Morgan fingerprint density at radius 2 is 2.14 bits per heavy atom. The molecule has 0 aromatic heterocycles. The average Bonchev–Trinajstić information content (AvgIpc) is 2.93. The van der Waals surface area contributed by atoms with E-state index in [-0.39, 0.29) is 18.6 Å². The van der Waals surface area contributed by atoms with E-state index in [2.05, 4.69) is 11.6 Å². The first kappa shape index (κ1) is 16.1. The first-order valence-electron chi connectivity index (χ1n) is 6.93. The molecule has 1 aromatic rings. The van der Waals surface area contributed by atoms with Crippen LogP contribution < -0.4 is 15.8 Å². The number of nitrogens with two attached hydrogens (primary N) is 1. The standard InChI is InChI=1S/C15H20N2O2S2/c1-21-13-7-4-11(8-13)17-14(18)9-19-12-5-2-10(3-6-12)15(16)20/h2-3,5-6,11,13H,4,7-9H2,1H3,(H2,16,20)(H,17,18). The number of nitrogens with one attached hydrogen (secondary N) is 1. The van der Waals surface area contributed by atoms with Crippen LogP contribution in [0, 0.1) is 0 Å². The molecule has 4 nitrogen and oxygen atoms in total. The van der Waals surface area contributed by atoms with Gasteiger partial charge in [0, 0.05) is 16.9 Å². The molecule has 1 aliphatic carbocycles. The van der Waals surface area contributed by atoms with Gasteiger partial charge in [-0.25, -0.2) is 0 Å². The highest BCUT2D eigenvalue weighted by atomic mass is 32.2. The van der Waals surface area contributed by atoms with Gasteiger partial charge >= 0.3 is 0 Å². The van der Waals surface area contributed by atoms with Crippen molar-refractivity contribution >= 4 is 34.9 Å². The molecule has 0 radical (unpaired) electrons. The van der Waals surface area contributed by atoms with Gasteiger partial charge in [-0.3, -0.25) is 4.79 Å². The SMILES string of the molecule is CSC1CCC(NC(=O)COc2ccc(C(N)=S)cc2)C1. The maximum atomic E-state index is 11.9. The lowest BCUT2D eigenvalue weighted by Crippen LogP contribution is -2.36. The molecule has 3 N–H and O–H groups in total. The molecule has 1 amide bonds. The lowest BCUT2D eigenvalue weighted by Gasteiger charge is -2.13. The molecule has 114 valence electrons. The molecular formula is C15H20N2O2S2. The molecule has 2 rings (SSSR count). The van der Waals surface area contributed by atoms with E-state index in [0.717, 1.165) is 18.4 Å². The average molecular weight is 324 g/mol. The van der Waals surface area contributed by atoms with Crippen LogP contribution in [-0.4, -0.2) is 35.1 Å². The Balaban J connectivity index is 1.75. The summed E-state index contributed by atoms with van der Waals surface area (Å²) in [6, 6.07) is 7.39. The minimum absolute atomic E-state index is 0.0346. The number of amides is 1. The maximum Gasteiger partial charge on any atom is 0.258 e. The minimum Gasteiger partial charge on any atom is -0.484 e. The van der Waals surface area contributed by atoms with E-state index in [1.807, 2.05) is 11.8 Å². The van der Waals surface area contributed by atoms with Gasteiger partial charge in [-0.2, -0.15) is 11.8 Å². The zero-order valence-corrected chi connectivity index (χ0v) is 13.6. The van der Waals surface area contributed by atoms with E-state index in [4.69, 9.17) is 22.7 Å². The second-order valence-electron chi connectivity index (χ2n) is 5.11. The Kier molecular flexibility index (Phi) is 5.87. The van der Waals surface area contributed by atoms with E-state index in [1.165, 1.54) is 6.42 Å². The molecule has 6 heteroatoms. The Hall–Kier alpha value is -1.27. The second kappa shape index (κ2) is 7.66. The number of hydrogen-bond acceptors (Lipinski definition) is 4. The summed E-state index contributed by atoms with van der Waals surface area (Å²) in [5.74, 6) is 0.568. The molecular weight excluding hydrogens is 304 g/mol. The van der Waals surface area contributed by atoms with Gasteiger partial charge < -0.3 is 15.8 Å². The predicted molar refractivity (Wildman–Crippen MR) is 90.9 cm³/mol. The highest BCUT2D eigenvalue weighted by Gasteiger charge is 2.25. The zero-order valence-electron chi connectivity index (χ0n) is 12.0. The van der Waals surface area contributed by atoms with Crippen molar-refractivity contribution in [2.75, 3.05) is 12.9 Å². The Labute approximate surface area is 134 Å². The molecule has 2 atom stereocenters. The van der Waals surface area contributed by atoms with E-state index in [0.29, 0.717) is 16.0 Å². The van der Waals surface area contributed by atoms with Crippen molar-refractivity contribution in [2.24, 2.45) is 5.73 Å². The fraction of sp³-hybridized carbons (Fsp3) is 0.467. The highest BCUT2D eigenvalue weighted by molar-refractivity contribution is 7.99. The molecule has 0 spiro atoms. The summed E-state index contributed by atoms with van der Waals surface area (Å²) < 4.78 is 5.46. The first-order valence-corrected chi connectivity index (χ1v) is 8.63. The molecule has 1 saturated carbocycles. The molecule has 0 aliphatic heterocycles. The third-order valence-electron chi connectivity index (χ3n) is 3.59. The van der Waals surface area contributed by atoms with Crippen LogP contribution in [0.5, 0.6) is 5.75 Å². The zero-order chi connectivity index (χ0) is 15.2. The summed E-state index contributed by atoms with van der Waals surface area (Å²) >= 11 is 6.76. The van der Waals surface area contributed by atoms with Gasteiger partial charge in [0.1, 0.15) is 10.7 Å². The summed E-state index contributed by atoms with van der Waals surface area (Å²) in [5, 5.41) is 3.70. The van der Waals surface area contributed by atoms with Gasteiger partial charge in [0.25, 0.3) is 5.91 Å². The van der Waals surface area contributed by atoms with E-state index >= 15 is 0 Å². The third-order valence-corrected chi connectivity index (χ3v) is 4.92. The van der Waals surface area contributed by atoms with Crippen molar-refractivity contribution in [1.82, 2.24) is 5.32 Å². The number of carbonyl (C=O) groups excluding carboxylic acids is 1. The summed E-state index contributed by atoms with van der Waals surface area (Å²) in [7, 11) is 0. The summed E-state index contributed by atoms with van der Waals surface area (Å²) in [4.78, 5) is 12.2. The lowest BCUT2D eigenvalue weighted by atomic mass is 10.2. The van der Waals surface area contributed by atoms with Crippen LogP contribution in [-0.2, 0) is 4.79 Å². The predicted octanol–water partition coefficient (Wildman–Crippen LogP) is 2.10. The normalized spacial score (nSPS) is 21.0. The molecule has 2 unspecified atom stereocenters. The molecule has 0 saturated heterocycles. The quantitative estimate of drug-likeness (QED) is 0.785. The van der Waals surface area contributed by atoms with Crippen molar-refractivity contribution in [1.29, 1.82) is 0 Å². The van der Waals surface area contributed by atoms with Crippen LogP contribution in [0.4, 0.5) is 0 Å². The van der Waals surface area contributed by atoms with Gasteiger partial charge in [-0.15, -0.1) is 0 Å². The molecule has 1 aliphatic rings. The Bertz CT molecular complexity index is 505. The summed E-state index contributed by atoms with van der Waals surface area (Å²) in [5.41, 5.74) is 6.31. The van der Waals surface area contributed by atoms with Crippen LogP contribution in [0.25, 0.3) is 0 Å². The topological polar surface area (TPSA) is 64.3 Å². The first-order chi connectivity index (χ1) is 10.1. The number of carbonyl (C=O) groups is 1. The number of thiocarbonyl (C=S) groups is 1. The van der Waals surface area contributed by atoms with Crippen LogP contribution in [0.3, 0.4) is 0 Å². The number of ether oxygens (including phenoxy) is 1. The highest BCUT2D eigenvalue weighted by Crippen LogP contribution is 2.28. The fourth-order valence-electron chi connectivity index (χ4n) is 2.42. The maximum absolute atomic E-state index is 11.9. The van der Waals surface area contributed by atoms with Crippen molar-refractivity contribution in [2.45, 2.75) is 30.6 Å². The summed E-state index contributed by atoms with van der Waals surface area (Å²) in [6.07, 6.45) is 5.40. The van der Waals surface area contributed by atoms with Crippen LogP contribution >= 0.6 is 24.0 Å². The number of rotatable bonds is 6. The van der Waals surface area contributed by atoms with E-state index in [9.17, 15) is 4.79 Å². The van der Waals surface area contributed by atoms with Gasteiger partial charge in [0.05, 0.1) is 0 Å². The molecule has 0 heterocycles. The molecule has 1 fully saturated rings. The lowest BCUT2D eigenvalue weighted by molar-refractivity contribution is -0.123. The van der Waals surface area contributed by atoms with Crippen LogP contribution in [0.15, 0.2) is 24.3 Å². The Morgan fingerprint density at radius 3 is 2.71 bits per heavy atom. The van der Waals surface area contributed by atoms with Crippen LogP contribution in [0.2, 0.25) is 0 Å². The van der Waals surface area contributed by atoms with Gasteiger partial charge in [-0.1, -0.05) is 12.2 Å². The number of thioether (sulfide) groups is 1. The molecule has 0 bridgehead atoms. The van der Waals surface area contributed by atoms with Crippen molar-refractivity contribution in [3.8, 4) is 5.75 Å². The second-order valence-corrected chi connectivity index (χ2v) is 6.69. The Morgan fingerprint density at radius 1 is 1.43 bits per heavy atom. The van der Waals surface area contributed by atoms with E-state index in [1.54, 1.807) is 24.3 Å². The van der Waals surface area contributed by atoms with E-state index < -0.39 is 0 Å². The third kappa shape index (κ3) is 4.89. The monoisotopic (exact) mass is 324 g/mol. The molecule has 21 heavy (non-hydrogen) atoms.